The summed E-state index contributed by atoms with van der Waals surface area (Å²) < 4.78 is 5.53. The van der Waals surface area contributed by atoms with E-state index in [0.29, 0.717) is 23.7 Å². The van der Waals surface area contributed by atoms with Crippen LogP contribution in [0.3, 0.4) is 0 Å². The zero-order valence-corrected chi connectivity index (χ0v) is 16.7. The number of Topliss-reactive ketones (excluding diaryl/α,β-unsaturated/α-hetero) is 1. The average Bonchev–Trinajstić information content (AvgIpc) is 3.40. The summed E-state index contributed by atoms with van der Waals surface area (Å²) in [6, 6.07) is 7.24. The van der Waals surface area contributed by atoms with Crippen molar-refractivity contribution in [2.45, 2.75) is 56.9 Å². The number of methoxy groups -OCH3 is 1. The first-order valence-corrected chi connectivity index (χ1v) is 10.0. The molecule has 0 aromatic heterocycles. The number of hydrogen-bond acceptors (Lipinski definition) is 3. The second-order valence-electron chi connectivity index (χ2n) is 9.06. The molecular formula is C22H30ClNO2. The van der Waals surface area contributed by atoms with Gasteiger partial charge in [0.25, 0.3) is 0 Å². The van der Waals surface area contributed by atoms with E-state index in [-0.39, 0.29) is 17.8 Å². The Morgan fingerprint density at radius 2 is 2.08 bits per heavy atom. The number of likely N-dealkylation sites (tertiary alicyclic amines) is 1. The summed E-state index contributed by atoms with van der Waals surface area (Å²) >= 11 is 0. The van der Waals surface area contributed by atoms with Gasteiger partial charge in [-0.25, -0.2) is 0 Å². The van der Waals surface area contributed by atoms with Crippen molar-refractivity contribution in [3.63, 3.8) is 0 Å². The topological polar surface area (TPSA) is 29.5 Å². The number of piperidine rings is 1. The molecule has 3 fully saturated rings. The van der Waals surface area contributed by atoms with E-state index in [2.05, 4.69) is 30.0 Å². The maximum atomic E-state index is 12.6. The molecule has 1 aromatic carbocycles. The van der Waals surface area contributed by atoms with Crippen LogP contribution in [-0.4, -0.2) is 36.9 Å². The Labute approximate surface area is 162 Å². The molecule has 0 radical (unpaired) electrons. The smallest absolute Gasteiger partial charge is 0.134 e. The molecule has 2 bridgehead atoms. The van der Waals surface area contributed by atoms with Crippen LogP contribution in [-0.2, 0) is 16.6 Å². The van der Waals surface area contributed by atoms with Gasteiger partial charge in [0.1, 0.15) is 11.5 Å². The van der Waals surface area contributed by atoms with Crippen molar-refractivity contribution >= 4 is 18.2 Å². The van der Waals surface area contributed by atoms with Gasteiger partial charge in [-0.05, 0) is 73.2 Å². The van der Waals surface area contributed by atoms with Crippen LogP contribution in [0.25, 0.3) is 0 Å². The van der Waals surface area contributed by atoms with Crippen molar-refractivity contribution in [2.75, 3.05) is 20.2 Å². The number of ether oxygens (including phenoxy) is 1. The quantitative estimate of drug-likeness (QED) is 0.799. The number of ketones is 1. The second kappa shape index (κ2) is 6.53. The Kier molecular flexibility index (Phi) is 4.60. The molecule has 1 aliphatic heterocycles. The first kappa shape index (κ1) is 18.3. The van der Waals surface area contributed by atoms with Gasteiger partial charge in [-0.3, -0.25) is 9.69 Å². The fourth-order valence-electron chi connectivity index (χ4n) is 6.38. The van der Waals surface area contributed by atoms with E-state index in [1.54, 1.807) is 7.11 Å². The van der Waals surface area contributed by atoms with Crippen LogP contribution < -0.4 is 4.74 Å². The van der Waals surface area contributed by atoms with E-state index < -0.39 is 0 Å². The summed E-state index contributed by atoms with van der Waals surface area (Å²) in [5.74, 6) is 3.46. The lowest BCUT2D eigenvalue weighted by atomic mass is 9.49. The molecule has 4 atom stereocenters. The van der Waals surface area contributed by atoms with E-state index in [1.807, 2.05) is 0 Å². The number of fused-ring (bicyclic) bond motifs is 1. The summed E-state index contributed by atoms with van der Waals surface area (Å²) in [5, 5.41) is 0. The molecule has 1 saturated heterocycles. The Morgan fingerprint density at radius 1 is 1.27 bits per heavy atom. The zero-order valence-electron chi connectivity index (χ0n) is 15.9. The fourth-order valence-corrected chi connectivity index (χ4v) is 6.38. The molecule has 1 heterocycles. The van der Waals surface area contributed by atoms with Gasteiger partial charge in [0.2, 0.25) is 0 Å². The lowest BCUT2D eigenvalue weighted by molar-refractivity contribution is -0.131. The van der Waals surface area contributed by atoms with Crippen molar-refractivity contribution in [2.24, 2.45) is 17.8 Å². The van der Waals surface area contributed by atoms with Gasteiger partial charge in [0.05, 0.1) is 7.11 Å². The lowest BCUT2D eigenvalue weighted by Gasteiger charge is -2.60. The molecule has 0 spiro atoms. The maximum absolute atomic E-state index is 12.6. The number of benzene rings is 1. The minimum atomic E-state index is 0. The molecule has 0 amide bonds. The molecule has 3 aliphatic carbocycles. The van der Waals surface area contributed by atoms with Crippen LogP contribution in [0.15, 0.2) is 18.2 Å². The maximum Gasteiger partial charge on any atom is 0.134 e. The number of rotatable bonds is 3. The minimum Gasteiger partial charge on any atom is -0.497 e. The molecule has 4 heteroatoms. The molecule has 26 heavy (non-hydrogen) atoms. The molecule has 2 unspecified atom stereocenters. The SMILES string of the molecule is COc1ccc2c(c1)C13CCN(CC4CC4)C(C2)[C@H]1[C@H](C)CC(=O)C3.Cl. The van der Waals surface area contributed by atoms with E-state index in [4.69, 9.17) is 4.74 Å². The number of carbonyl (C=O) groups excluding carboxylic acids is 1. The van der Waals surface area contributed by atoms with Crippen LogP contribution >= 0.6 is 12.4 Å². The van der Waals surface area contributed by atoms with Crippen LogP contribution in [0.5, 0.6) is 5.75 Å². The van der Waals surface area contributed by atoms with E-state index in [9.17, 15) is 4.79 Å². The third-order valence-electron chi connectivity index (χ3n) is 7.51. The van der Waals surface area contributed by atoms with Gasteiger partial charge in [-0.1, -0.05) is 13.0 Å². The highest BCUT2D eigenvalue weighted by atomic mass is 35.5. The molecular weight excluding hydrogens is 346 g/mol. The molecule has 0 N–H and O–H groups in total. The standard InChI is InChI=1S/C22H29NO2.ClH/c1-14-9-17(24)12-22-7-8-23(13-15-3-4-15)20(21(14)22)10-16-5-6-18(25-2)11-19(16)22;/h5-6,11,14-15,20-21H,3-4,7-10,12-13H2,1-2H3;1H/t14-,20?,21-,22?;/m1./s1. The third kappa shape index (κ3) is 2.70. The Bertz CT molecular complexity index is 716. The van der Waals surface area contributed by atoms with Crippen LogP contribution in [0.1, 0.15) is 50.2 Å². The number of halogens is 1. The highest BCUT2D eigenvalue weighted by Crippen LogP contribution is 2.57. The first-order chi connectivity index (χ1) is 12.1. The van der Waals surface area contributed by atoms with Gasteiger partial charge < -0.3 is 4.74 Å². The van der Waals surface area contributed by atoms with E-state index in [0.717, 1.165) is 43.9 Å². The summed E-state index contributed by atoms with van der Waals surface area (Å²) in [6.45, 7) is 4.77. The Hall–Kier alpha value is -1.06. The highest BCUT2D eigenvalue weighted by molar-refractivity contribution is 5.85. The number of carbonyl (C=O) groups is 1. The molecule has 142 valence electrons. The normalized spacial score (nSPS) is 35.9. The third-order valence-corrected chi connectivity index (χ3v) is 7.51. The highest BCUT2D eigenvalue weighted by Gasteiger charge is 2.58. The number of nitrogens with zero attached hydrogens (tertiary/aromatic N) is 1. The summed E-state index contributed by atoms with van der Waals surface area (Å²) in [5.41, 5.74) is 2.95. The number of hydrogen-bond donors (Lipinski definition) is 0. The van der Waals surface area contributed by atoms with Gasteiger partial charge in [0, 0.05) is 30.8 Å². The summed E-state index contributed by atoms with van der Waals surface area (Å²) in [6.07, 6.45) is 6.64. The van der Waals surface area contributed by atoms with Gasteiger partial charge in [-0.2, -0.15) is 0 Å². The Morgan fingerprint density at radius 3 is 2.81 bits per heavy atom. The minimum absolute atomic E-state index is 0. The molecule has 1 aromatic rings. The van der Waals surface area contributed by atoms with Crippen molar-refractivity contribution < 1.29 is 9.53 Å². The molecule has 5 rings (SSSR count). The largest absolute Gasteiger partial charge is 0.497 e. The Balaban J connectivity index is 0.00000168. The predicted molar refractivity (Wildman–Crippen MR) is 105 cm³/mol. The van der Waals surface area contributed by atoms with E-state index >= 15 is 0 Å². The fraction of sp³-hybridized carbons (Fsp3) is 0.682. The van der Waals surface area contributed by atoms with Crippen molar-refractivity contribution in [1.29, 1.82) is 0 Å². The van der Waals surface area contributed by atoms with E-state index in [1.165, 1.54) is 30.5 Å². The molecule has 2 saturated carbocycles. The van der Waals surface area contributed by atoms with Gasteiger partial charge >= 0.3 is 0 Å². The predicted octanol–water partition coefficient (Wildman–Crippen LogP) is 4.01. The van der Waals surface area contributed by atoms with Gasteiger partial charge in [-0.15, -0.1) is 12.4 Å². The summed E-state index contributed by atoms with van der Waals surface area (Å²) in [7, 11) is 1.75. The van der Waals surface area contributed by atoms with Crippen LogP contribution in [0.4, 0.5) is 0 Å². The lowest BCUT2D eigenvalue weighted by Crippen LogP contribution is -2.64. The van der Waals surface area contributed by atoms with Crippen molar-refractivity contribution in [1.82, 2.24) is 4.90 Å². The molecule has 4 aliphatic rings. The zero-order chi connectivity index (χ0) is 17.2. The monoisotopic (exact) mass is 375 g/mol. The van der Waals surface area contributed by atoms with Crippen LogP contribution in [0.2, 0.25) is 0 Å². The second-order valence-corrected chi connectivity index (χ2v) is 9.06. The van der Waals surface area contributed by atoms with Crippen molar-refractivity contribution in [3.8, 4) is 5.75 Å². The first-order valence-electron chi connectivity index (χ1n) is 10.0. The summed E-state index contributed by atoms with van der Waals surface area (Å²) in [4.78, 5) is 15.4. The molecule has 3 nitrogen and oxygen atoms in total. The van der Waals surface area contributed by atoms with Gasteiger partial charge in [0.15, 0.2) is 0 Å². The van der Waals surface area contributed by atoms with Crippen molar-refractivity contribution in [3.05, 3.63) is 29.3 Å². The average molecular weight is 376 g/mol. The van der Waals surface area contributed by atoms with Crippen LogP contribution in [0, 0.1) is 17.8 Å².